The summed E-state index contributed by atoms with van der Waals surface area (Å²) in [7, 11) is 0. The van der Waals surface area contributed by atoms with Crippen LogP contribution in [0, 0.1) is 0 Å². The Morgan fingerprint density at radius 3 is 2.54 bits per heavy atom. The van der Waals surface area contributed by atoms with Crippen molar-refractivity contribution in [2.24, 2.45) is 0 Å². The second-order valence-electron chi connectivity index (χ2n) is 8.91. The summed E-state index contributed by atoms with van der Waals surface area (Å²) in [6.45, 7) is 3.08. The molecule has 8 heteroatoms. The maximum Gasteiger partial charge on any atom is 0.247 e. The minimum Gasteiger partial charge on any atom is -0.454 e. The fourth-order valence-electron chi connectivity index (χ4n) is 4.69. The van der Waals surface area contributed by atoms with Crippen LogP contribution in [0.4, 0.5) is 0 Å². The second kappa shape index (κ2) is 10.3. The topological polar surface area (TPSA) is 91.3 Å². The molecule has 0 radical (unpaired) electrons. The molecule has 2 aliphatic heterocycles. The number of hydrogen-bond acceptors (Lipinski definition) is 6. The van der Waals surface area contributed by atoms with Crippen molar-refractivity contribution in [3.8, 4) is 11.5 Å². The molecule has 1 unspecified atom stereocenters. The van der Waals surface area contributed by atoms with Crippen molar-refractivity contribution >= 4 is 22.6 Å². The molecule has 3 aromatic rings. The summed E-state index contributed by atoms with van der Waals surface area (Å²) in [6.07, 6.45) is 0.147. The molecule has 1 fully saturated rings. The summed E-state index contributed by atoms with van der Waals surface area (Å²) in [4.78, 5) is 29.7. The Hall–Kier alpha value is -3.62. The van der Waals surface area contributed by atoms with E-state index in [1.54, 1.807) is 4.90 Å². The normalized spacial score (nSPS) is 16.3. The van der Waals surface area contributed by atoms with Crippen molar-refractivity contribution in [1.29, 1.82) is 0 Å². The lowest BCUT2D eigenvalue weighted by Gasteiger charge is -2.36. The van der Waals surface area contributed by atoms with Gasteiger partial charge in [0.1, 0.15) is 6.04 Å². The van der Waals surface area contributed by atoms with Crippen molar-refractivity contribution < 1.29 is 24.2 Å². The molecule has 2 amide bonds. The lowest BCUT2D eigenvalue weighted by molar-refractivity contribution is -0.139. The molecule has 0 aromatic heterocycles. The smallest absolute Gasteiger partial charge is 0.247 e. The molecule has 2 heterocycles. The summed E-state index contributed by atoms with van der Waals surface area (Å²) in [6, 6.07) is 18.7. The summed E-state index contributed by atoms with van der Waals surface area (Å²) < 4.78 is 10.8. The van der Waals surface area contributed by atoms with Crippen LogP contribution >= 0.6 is 0 Å². The van der Waals surface area contributed by atoms with Crippen molar-refractivity contribution in [1.82, 2.24) is 15.1 Å². The van der Waals surface area contributed by atoms with Crippen LogP contribution in [0.5, 0.6) is 11.5 Å². The fourth-order valence-corrected chi connectivity index (χ4v) is 4.69. The van der Waals surface area contributed by atoms with E-state index in [9.17, 15) is 14.7 Å². The molecular formula is C27H29N3O5. The van der Waals surface area contributed by atoms with Gasteiger partial charge < -0.3 is 24.8 Å². The Bertz CT molecular complexity index is 1220. The maximum atomic E-state index is 13.0. The van der Waals surface area contributed by atoms with E-state index in [2.05, 4.69) is 10.2 Å². The van der Waals surface area contributed by atoms with Gasteiger partial charge in [-0.1, -0.05) is 48.5 Å². The summed E-state index contributed by atoms with van der Waals surface area (Å²) >= 11 is 0. The number of benzene rings is 3. The van der Waals surface area contributed by atoms with Crippen molar-refractivity contribution in [3.63, 3.8) is 0 Å². The molecular weight excluding hydrogens is 446 g/mol. The average Bonchev–Trinajstić information content (AvgIpc) is 3.36. The highest BCUT2D eigenvalue weighted by Gasteiger charge is 2.28. The third kappa shape index (κ3) is 5.23. The molecule has 1 saturated heterocycles. The van der Waals surface area contributed by atoms with E-state index in [-0.39, 0.29) is 25.0 Å². The van der Waals surface area contributed by atoms with Crippen LogP contribution < -0.4 is 14.8 Å². The maximum absolute atomic E-state index is 13.0. The summed E-state index contributed by atoms with van der Waals surface area (Å²) in [5.74, 6) is 1.000. The Balaban J connectivity index is 1.14. The number of piperazine rings is 1. The predicted molar refractivity (Wildman–Crippen MR) is 131 cm³/mol. The molecule has 0 bridgehead atoms. The number of ether oxygens (including phenoxy) is 2. The van der Waals surface area contributed by atoms with Crippen LogP contribution in [0.1, 0.15) is 11.1 Å². The molecule has 2 aliphatic rings. The van der Waals surface area contributed by atoms with Gasteiger partial charge in [0.2, 0.25) is 18.6 Å². The van der Waals surface area contributed by atoms with Gasteiger partial charge in [-0.15, -0.1) is 0 Å². The molecule has 1 atom stereocenters. The second-order valence-corrected chi connectivity index (χ2v) is 8.91. The van der Waals surface area contributed by atoms with Crippen LogP contribution in [0.25, 0.3) is 10.8 Å². The highest BCUT2D eigenvalue weighted by atomic mass is 16.7. The molecule has 0 aliphatic carbocycles. The predicted octanol–water partition coefficient (Wildman–Crippen LogP) is 1.93. The zero-order chi connectivity index (χ0) is 24.2. The third-order valence-electron chi connectivity index (χ3n) is 6.57. The molecule has 35 heavy (non-hydrogen) atoms. The number of hydrogen-bond donors (Lipinski definition) is 2. The van der Waals surface area contributed by atoms with E-state index in [0.29, 0.717) is 26.2 Å². The van der Waals surface area contributed by atoms with Crippen molar-refractivity contribution in [3.05, 3.63) is 71.8 Å². The van der Waals surface area contributed by atoms with E-state index < -0.39 is 12.6 Å². The number of aliphatic hydroxyl groups is 1. The average molecular weight is 476 g/mol. The van der Waals surface area contributed by atoms with Gasteiger partial charge in [0.05, 0.1) is 13.0 Å². The third-order valence-corrected chi connectivity index (χ3v) is 6.57. The van der Waals surface area contributed by atoms with E-state index in [1.165, 1.54) is 0 Å². The standard InChI is InChI=1S/C27H29N3O5/c31-17-23(28-26(32)15-21-6-3-5-20-4-1-2-7-22(20)21)27(33)30-12-10-29(11-13-30)16-19-8-9-24-25(14-19)35-18-34-24/h1-9,14,23,31H,10-13,15-18H2,(H,28,32). The Morgan fingerprint density at radius 2 is 1.71 bits per heavy atom. The van der Waals surface area contributed by atoms with Crippen molar-refractivity contribution in [2.45, 2.75) is 19.0 Å². The SMILES string of the molecule is O=C(Cc1cccc2ccccc12)NC(CO)C(=O)N1CCN(Cc2ccc3c(c2)OCO3)CC1. The molecule has 5 rings (SSSR count). The minimum absolute atomic E-state index is 0.147. The van der Waals surface area contributed by atoms with Gasteiger partial charge in [-0.25, -0.2) is 0 Å². The minimum atomic E-state index is -0.946. The summed E-state index contributed by atoms with van der Waals surface area (Å²) in [5.41, 5.74) is 2.02. The first-order chi connectivity index (χ1) is 17.1. The van der Waals surface area contributed by atoms with Crippen LogP contribution in [-0.4, -0.2) is 72.3 Å². The Morgan fingerprint density at radius 1 is 0.943 bits per heavy atom. The van der Waals surface area contributed by atoms with Gasteiger partial charge >= 0.3 is 0 Å². The lowest BCUT2D eigenvalue weighted by atomic mass is 10.0. The summed E-state index contributed by atoms with van der Waals surface area (Å²) in [5, 5.41) is 14.6. The fraction of sp³-hybridized carbons (Fsp3) is 0.333. The number of nitrogens with zero attached hydrogens (tertiary/aromatic N) is 2. The Labute approximate surface area is 204 Å². The largest absolute Gasteiger partial charge is 0.454 e. The lowest BCUT2D eigenvalue weighted by Crippen LogP contribution is -2.56. The number of amides is 2. The number of carbonyl (C=O) groups is 2. The zero-order valence-electron chi connectivity index (χ0n) is 19.5. The van der Waals surface area contributed by atoms with E-state index in [0.717, 1.165) is 39.9 Å². The van der Waals surface area contributed by atoms with E-state index in [4.69, 9.17) is 9.47 Å². The van der Waals surface area contributed by atoms with Gasteiger partial charge in [-0.2, -0.15) is 0 Å². The first-order valence-electron chi connectivity index (χ1n) is 11.9. The van der Waals surface area contributed by atoms with Crippen LogP contribution in [0.2, 0.25) is 0 Å². The molecule has 2 N–H and O–H groups in total. The van der Waals surface area contributed by atoms with E-state index >= 15 is 0 Å². The molecule has 0 saturated carbocycles. The molecule has 8 nitrogen and oxygen atoms in total. The quantitative estimate of drug-likeness (QED) is 0.543. The van der Waals surface area contributed by atoms with Gasteiger partial charge in [-0.05, 0) is 34.0 Å². The number of carbonyl (C=O) groups excluding carboxylic acids is 2. The zero-order valence-corrected chi connectivity index (χ0v) is 19.5. The highest BCUT2D eigenvalue weighted by Crippen LogP contribution is 2.32. The number of aliphatic hydroxyl groups excluding tert-OH is 1. The van der Waals surface area contributed by atoms with Gasteiger partial charge in [0, 0.05) is 32.7 Å². The molecule has 3 aromatic carbocycles. The van der Waals surface area contributed by atoms with Crippen molar-refractivity contribution in [2.75, 3.05) is 39.6 Å². The first kappa shape index (κ1) is 23.1. The number of nitrogens with one attached hydrogen (secondary N) is 1. The van der Waals surface area contributed by atoms with Gasteiger partial charge in [0.25, 0.3) is 0 Å². The number of rotatable bonds is 7. The van der Waals surface area contributed by atoms with Crippen LogP contribution in [-0.2, 0) is 22.6 Å². The molecule has 0 spiro atoms. The monoisotopic (exact) mass is 475 g/mol. The Kier molecular flexibility index (Phi) is 6.83. The first-order valence-corrected chi connectivity index (χ1v) is 11.9. The van der Waals surface area contributed by atoms with Crippen LogP contribution in [0.3, 0.4) is 0 Å². The molecule has 182 valence electrons. The van der Waals surface area contributed by atoms with Crippen LogP contribution in [0.15, 0.2) is 60.7 Å². The number of fused-ring (bicyclic) bond motifs is 2. The van der Waals surface area contributed by atoms with E-state index in [1.807, 2.05) is 60.7 Å². The highest BCUT2D eigenvalue weighted by molar-refractivity contribution is 5.92. The van der Waals surface area contributed by atoms with Gasteiger partial charge in [0.15, 0.2) is 11.5 Å². The van der Waals surface area contributed by atoms with Gasteiger partial charge in [-0.3, -0.25) is 14.5 Å².